The Bertz CT molecular complexity index is 1680. The van der Waals surface area contributed by atoms with Crippen molar-refractivity contribution in [3.05, 3.63) is 156 Å². The minimum atomic E-state index is -3.99. The zero-order chi connectivity index (χ0) is 29.9. The molecule has 1 fully saturated rings. The van der Waals surface area contributed by atoms with Gasteiger partial charge in [0.15, 0.2) is 15.8 Å². The maximum Gasteiger partial charge on any atom is 0.179 e. The average Bonchev–Trinajstić information content (AvgIpc) is 3.70. The number of rotatable bonds is 10. The Morgan fingerprint density at radius 2 is 1.47 bits per heavy atom. The summed E-state index contributed by atoms with van der Waals surface area (Å²) in [5.74, 6) is -2.21. The van der Waals surface area contributed by atoms with Crippen molar-refractivity contribution in [3.63, 3.8) is 0 Å². The van der Waals surface area contributed by atoms with Gasteiger partial charge in [0.1, 0.15) is 35.5 Å². The van der Waals surface area contributed by atoms with Crippen LogP contribution in [0.3, 0.4) is 0 Å². The molecule has 2 atom stereocenters. The summed E-state index contributed by atoms with van der Waals surface area (Å²) in [4.78, 5) is 3.94. The highest BCUT2D eigenvalue weighted by Gasteiger charge is 2.49. The van der Waals surface area contributed by atoms with Gasteiger partial charge in [-0.2, -0.15) is 5.10 Å². The molecule has 2 heterocycles. The summed E-state index contributed by atoms with van der Waals surface area (Å²) >= 11 is 0. The molecular formula is C33H29F2N3O4S. The van der Waals surface area contributed by atoms with Gasteiger partial charge in [-0.15, -0.1) is 0 Å². The van der Waals surface area contributed by atoms with Crippen molar-refractivity contribution in [1.29, 1.82) is 0 Å². The van der Waals surface area contributed by atoms with E-state index in [1.165, 1.54) is 23.4 Å². The molecule has 7 nitrogen and oxygen atoms in total. The number of hydrogen-bond donors (Lipinski definition) is 0. The van der Waals surface area contributed by atoms with E-state index in [9.17, 15) is 12.8 Å². The molecular weight excluding hydrogens is 572 g/mol. The molecule has 0 unspecified atom stereocenters. The van der Waals surface area contributed by atoms with Crippen molar-refractivity contribution < 1.29 is 26.7 Å². The Kier molecular flexibility index (Phi) is 7.91. The number of halogens is 2. The highest BCUT2D eigenvalue weighted by Crippen LogP contribution is 2.44. The van der Waals surface area contributed by atoms with Crippen LogP contribution < -0.4 is 0 Å². The highest BCUT2D eigenvalue weighted by molar-refractivity contribution is 7.91. The largest absolute Gasteiger partial charge is 0.367 e. The van der Waals surface area contributed by atoms with E-state index in [0.29, 0.717) is 0 Å². The maximum atomic E-state index is 15.1. The second-order valence-electron chi connectivity index (χ2n) is 10.6. The van der Waals surface area contributed by atoms with Crippen LogP contribution >= 0.6 is 0 Å². The van der Waals surface area contributed by atoms with Crippen molar-refractivity contribution in [2.24, 2.45) is 0 Å². The molecule has 0 spiro atoms. The second kappa shape index (κ2) is 11.8. The fourth-order valence-corrected chi connectivity index (χ4v) is 7.15. The van der Waals surface area contributed by atoms with E-state index in [4.69, 9.17) is 9.47 Å². The van der Waals surface area contributed by atoms with Crippen molar-refractivity contribution in [2.45, 2.75) is 29.4 Å². The molecule has 4 aromatic carbocycles. The number of ether oxygens (including phenoxy) is 2. The Morgan fingerprint density at radius 1 is 0.884 bits per heavy atom. The van der Waals surface area contributed by atoms with Crippen LogP contribution in [0.25, 0.3) is 0 Å². The molecule has 1 aliphatic heterocycles. The van der Waals surface area contributed by atoms with Gasteiger partial charge in [0, 0.05) is 18.1 Å². The topological polar surface area (TPSA) is 83.3 Å². The van der Waals surface area contributed by atoms with E-state index >= 15 is 4.39 Å². The molecule has 1 aromatic heterocycles. The third-order valence-corrected chi connectivity index (χ3v) is 9.66. The molecule has 0 bridgehead atoms. The van der Waals surface area contributed by atoms with Crippen molar-refractivity contribution in [1.82, 2.24) is 14.8 Å². The normalized spacial score (nSPS) is 19.0. The SMILES string of the molecule is O=S(=O)(COC(c1ccccc1)(c1ccccc1)c1ccccc1)[C@H]1CO[C@@](Cn2cncn2)(c2ccc(F)cc2F)C1. The van der Waals surface area contributed by atoms with Gasteiger partial charge in [-0.1, -0.05) is 97.1 Å². The van der Waals surface area contributed by atoms with Gasteiger partial charge in [-0.25, -0.2) is 26.9 Å². The number of sulfone groups is 1. The predicted octanol–water partition coefficient (Wildman–Crippen LogP) is 5.62. The van der Waals surface area contributed by atoms with E-state index in [1.807, 2.05) is 91.0 Å². The highest BCUT2D eigenvalue weighted by atomic mass is 32.2. The van der Waals surface area contributed by atoms with Gasteiger partial charge in [0.2, 0.25) is 0 Å². The summed E-state index contributed by atoms with van der Waals surface area (Å²) in [7, 11) is -3.99. The van der Waals surface area contributed by atoms with Crippen LogP contribution in [-0.2, 0) is 37.1 Å². The molecule has 0 amide bonds. The molecule has 1 saturated heterocycles. The zero-order valence-electron chi connectivity index (χ0n) is 23.1. The van der Waals surface area contributed by atoms with Gasteiger partial charge >= 0.3 is 0 Å². The van der Waals surface area contributed by atoms with Crippen LogP contribution in [0, 0.1) is 11.6 Å². The lowest BCUT2D eigenvalue weighted by Crippen LogP contribution is -2.37. The summed E-state index contributed by atoms with van der Waals surface area (Å²) in [6.45, 7) is -0.212. The molecule has 0 N–H and O–H groups in total. The molecule has 6 rings (SSSR count). The van der Waals surface area contributed by atoms with Crippen molar-refractivity contribution >= 4 is 9.84 Å². The number of nitrogens with zero attached hydrogens (tertiary/aromatic N) is 3. The van der Waals surface area contributed by atoms with E-state index in [2.05, 4.69) is 10.1 Å². The third kappa shape index (κ3) is 5.61. The van der Waals surface area contributed by atoms with Crippen LogP contribution in [0.2, 0.25) is 0 Å². The number of aromatic nitrogens is 3. The zero-order valence-corrected chi connectivity index (χ0v) is 23.9. The van der Waals surface area contributed by atoms with Crippen LogP contribution in [-0.4, -0.2) is 41.0 Å². The van der Waals surface area contributed by atoms with E-state index in [1.54, 1.807) is 0 Å². The standard InChI is InChI=1S/C33H29F2N3O4S/c34-28-16-17-30(31(35)18-28)32(21-38-23-36-22-37-38)19-29(20-41-32)43(39,40)24-42-33(25-10-4-1-5-11-25,26-12-6-2-7-13-26)27-14-8-3-9-15-27/h1-18,22-23,29H,19-21,24H2/t29-,32+/m1/s1. The fraction of sp³-hybridized carbons (Fsp3) is 0.212. The molecule has 0 radical (unpaired) electrons. The average molecular weight is 602 g/mol. The summed E-state index contributed by atoms with van der Waals surface area (Å²) in [6.07, 6.45) is 2.67. The minimum Gasteiger partial charge on any atom is -0.367 e. The molecule has 5 aromatic rings. The summed E-state index contributed by atoms with van der Waals surface area (Å²) < 4.78 is 71.2. The second-order valence-corrected chi connectivity index (χ2v) is 12.8. The summed E-state index contributed by atoms with van der Waals surface area (Å²) in [5.41, 5.74) is -0.316. The predicted molar refractivity (Wildman–Crippen MR) is 156 cm³/mol. The quantitative estimate of drug-likeness (QED) is 0.193. The molecule has 43 heavy (non-hydrogen) atoms. The number of hydrogen-bond acceptors (Lipinski definition) is 6. The summed E-state index contributed by atoms with van der Waals surface area (Å²) in [5, 5.41) is 3.08. The Hall–Kier alpha value is -4.25. The van der Waals surface area contributed by atoms with E-state index in [0.717, 1.165) is 28.8 Å². The monoisotopic (exact) mass is 601 g/mol. The molecule has 0 aliphatic carbocycles. The van der Waals surface area contributed by atoms with Gasteiger partial charge in [-0.3, -0.25) is 0 Å². The number of benzene rings is 4. The first-order valence-corrected chi connectivity index (χ1v) is 15.5. The van der Waals surface area contributed by atoms with Gasteiger partial charge in [0.05, 0.1) is 18.4 Å². The van der Waals surface area contributed by atoms with Crippen LogP contribution in [0.5, 0.6) is 0 Å². The maximum absolute atomic E-state index is 15.1. The van der Waals surface area contributed by atoms with Gasteiger partial charge < -0.3 is 9.47 Å². The van der Waals surface area contributed by atoms with Crippen molar-refractivity contribution in [3.8, 4) is 0 Å². The first kappa shape index (κ1) is 28.9. The molecule has 220 valence electrons. The van der Waals surface area contributed by atoms with Gasteiger partial charge in [-0.05, 0) is 22.8 Å². The molecule has 10 heteroatoms. The molecule has 0 saturated carbocycles. The van der Waals surface area contributed by atoms with E-state index < -0.39 is 43.9 Å². The summed E-state index contributed by atoms with van der Waals surface area (Å²) in [6, 6.07) is 31.6. The smallest absolute Gasteiger partial charge is 0.179 e. The lowest BCUT2D eigenvalue weighted by Gasteiger charge is -2.36. The Labute approximate surface area is 248 Å². The Balaban J connectivity index is 1.36. The third-order valence-electron chi connectivity index (χ3n) is 7.90. The Morgan fingerprint density at radius 3 is 1.98 bits per heavy atom. The van der Waals surface area contributed by atoms with Crippen molar-refractivity contribution in [2.75, 3.05) is 12.5 Å². The fourth-order valence-electron chi connectivity index (χ4n) is 5.82. The van der Waals surface area contributed by atoms with Crippen LogP contribution in [0.1, 0.15) is 28.7 Å². The first-order valence-electron chi connectivity index (χ1n) is 13.8. The lowest BCUT2D eigenvalue weighted by atomic mass is 9.80. The molecule has 1 aliphatic rings. The van der Waals surface area contributed by atoms with Crippen LogP contribution in [0.4, 0.5) is 8.78 Å². The first-order chi connectivity index (χ1) is 20.8. The lowest BCUT2D eigenvalue weighted by molar-refractivity contribution is -0.0197. The van der Waals surface area contributed by atoms with E-state index in [-0.39, 0.29) is 25.1 Å². The van der Waals surface area contributed by atoms with Crippen LogP contribution in [0.15, 0.2) is 122 Å². The van der Waals surface area contributed by atoms with Gasteiger partial charge in [0.25, 0.3) is 0 Å². The minimum absolute atomic E-state index is 0.00951.